The van der Waals surface area contributed by atoms with Crippen LogP contribution in [0.2, 0.25) is 0 Å². The van der Waals surface area contributed by atoms with Crippen LogP contribution in [-0.2, 0) is 9.53 Å². The molecule has 26 heavy (non-hydrogen) atoms. The second kappa shape index (κ2) is 7.11. The SMILES string of the molecule is COC(=O)CCC1=CC(N2N=C3C=CC=CC3N2)=C(O)C(C(C)(C)C)C1. The first-order valence-corrected chi connectivity index (χ1v) is 8.98. The highest BCUT2D eigenvalue weighted by Crippen LogP contribution is 2.42. The zero-order valence-corrected chi connectivity index (χ0v) is 15.8. The van der Waals surface area contributed by atoms with Crippen molar-refractivity contribution in [3.63, 3.8) is 0 Å². The third kappa shape index (κ3) is 3.75. The van der Waals surface area contributed by atoms with Crippen LogP contribution < -0.4 is 5.43 Å². The molecule has 3 aliphatic rings. The highest BCUT2D eigenvalue weighted by molar-refractivity contribution is 6.02. The van der Waals surface area contributed by atoms with Crippen LogP contribution in [0.5, 0.6) is 0 Å². The van der Waals surface area contributed by atoms with Gasteiger partial charge in [0.25, 0.3) is 0 Å². The van der Waals surface area contributed by atoms with Gasteiger partial charge >= 0.3 is 5.97 Å². The Bertz CT molecular complexity index is 738. The largest absolute Gasteiger partial charge is 0.510 e. The molecule has 1 heterocycles. The van der Waals surface area contributed by atoms with E-state index in [2.05, 4.69) is 31.3 Å². The van der Waals surface area contributed by atoms with E-state index in [-0.39, 0.29) is 23.3 Å². The zero-order valence-electron chi connectivity index (χ0n) is 15.8. The predicted molar refractivity (Wildman–Crippen MR) is 101 cm³/mol. The number of hydrazine groups is 1. The molecule has 0 aromatic rings. The molecule has 140 valence electrons. The maximum absolute atomic E-state index is 11.5. The van der Waals surface area contributed by atoms with Gasteiger partial charge in [0.2, 0.25) is 0 Å². The first-order chi connectivity index (χ1) is 12.3. The predicted octanol–water partition coefficient (Wildman–Crippen LogP) is 3.37. The summed E-state index contributed by atoms with van der Waals surface area (Å²) in [6, 6.07) is 0.0160. The van der Waals surface area contributed by atoms with E-state index in [0.717, 1.165) is 17.7 Å². The van der Waals surface area contributed by atoms with Crippen molar-refractivity contribution in [1.29, 1.82) is 0 Å². The number of nitrogens with zero attached hydrogens (tertiary/aromatic N) is 2. The molecule has 2 unspecified atom stereocenters. The number of hydrogen-bond donors (Lipinski definition) is 2. The van der Waals surface area contributed by atoms with Crippen LogP contribution in [0.15, 0.2) is 52.5 Å². The van der Waals surface area contributed by atoms with Crippen LogP contribution in [0.3, 0.4) is 0 Å². The number of fused-ring (bicyclic) bond motifs is 1. The maximum Gasteiger partial charge on any atom is 0.305 e. The summed E-state index contributed by atoms with van der Waals surface area (Å²) in [4.78, 5) is 11.5. The van der Waals surface area contributed by atoms with Crippen molar-refractivity contribution >= 4 is 11.7 Å². The summed E-state index contributed by atoms with van der Waals surface area (Å²) in [6.07, 6.45) is 11.5. The average Bonchev–Trinajstić information content (AvgIpc) is 3.03. The molecule has 0 saturated heterocycles. The van der Waals surface area contributed by atoms with E-state index in [1.54, 1.807) is 5.12 Å². The number of methoxy groups -OCH3 is 1. The Balaban J connectivity index is 1.89. The topological polar surface area (TPSA) is 74.2 Å². The van der Waals surface area contributed by atoms with Crippen molar-refractivity contribution in [3.05, 3.63) is 47.4 Å². The lowest BCUT2D eigenvalue weighted by Gasteiger charge is -2.36. The Morgan fingerprint density at radius 2 is 2.19 bits per heavy atom. The van der Waals surface area contributed by atoms with Gasteiger partial charge in [-0.3, -0.25) is 4.79 Å². The second-order valence-electron chi connectivity index (χ2n) is 7.96. The molecule has 0 spiro atoms. The molecule has 0 amide bonds. The van der Waals surface area contributed by atoms with Gasteiger partial charge in [0.1, 0.15) is 11.5 Å². The first kappa shape index (κ1) is 18.5. The molecule has 0 aromatic carbocycles. The van der Waals surface area contributed by atoms with Crippen LogP contribution in [0.1, 0.15) is 40.0 Å². The van der Waals surface area contributed by atoms with Crippen LogP contribution in [0.4, 0.5) is 0 Å². The maximum atomic E-state index is 11.5. The van der Waals surface area contributed by atoms with Crippen LogP contribution >= 0.6 is 0 Å². The number of aliphatic hydroxyl groups is 1. The summed E-state index contributed by atoms with van der Waals surface area (Å²) >= 11 is 0. The van der Waals surface area contributed by atoms with E-state index in [0.29, 0.717) is 24.3 Å². The van der Waals surface area contributed by atoms with E-state index >= 15 is 0 Å². The molecule has 2 atom stereocenters. The number of aliphatic hydroxyl groups excluding tert-OH is 1. The molecule has 6 heteroatoms. The summed E-state index contributed by atoms with van der Waals surface area (Å²) in [5.41, 5.74) is 5.87. The van der Waals surface area contributed by atoms with E-state index in [1.807, 2.05) is 30.4 Å². The van der Waals surface area contributed by atoms with E-state index in [4.69, 9.17) is 4.74 Å². The van der Waals surface area contributed by atoms with E-state index < -0.39 is 0 Å². The quantitative estimate of drug-likeness (QED) is 0.755. The Morgan fingerprint density at radius 1 is 1.42 bits per heavy atom. The summed E-state index contributed by atoms with van der Waals surface area (Å²) in [5.74, 6) is 0.0769. The number of esters is 1. The van der Waals surface area contributed by atoms with Gasteiger partial charge in [0.15, 0.2) is 0 Å². The standard InChI is InChI=1S/C20H27N3O3/c1-20(2,3)14-11-13(9-10-18(24)26-4)12-17(19(14)25)23-21-15-7-5-6-8-16(15)22-23/h5-8,12,14-15,21,25H,9-11H2,1-4H3. The normalized spacial score (nSPS) is 25.2. The van der Waals surface area contributed by atoms with Crippen LogP contribution in [-0.4, -0.2) is 35.1 Å². The Hall–Kier alpha value is -2.34. The smallest absolute Gasteiger partial charge is 0.305 e. The summed E-state index contributed by atoms with van der Waals surface area (Å²) in [5, 5.41) is 17.2. The lowest BCUT2D eigenvalue weighted by molar-refractivity contribution is -0.140. The fourth-order valence-corrected chi connectivity index (χ4v) is 3.42. The lowest BCUT2D eigenvalue weighted by Crippen LogP contribution is -2.38. The second-order valence-corrected chi connectivity index (χ2v) is 7.96. The van der Waals surface area contributed by atoms with Gasteiger partial charge in [0.05, 0.1) is 18.9 Å². The summed E-state index contributed by atoms with van der Waals surface area (Å²) in [7, 11) is 1.40. The molecule has 6 nitrogen and oxygen atoms in total. The van der Waals surface area contributed by atoms with Crippen molar-refractivity contribution < 1.29 is 14.6 Å². The molecule has 0 aromatic heterocycles. The van der Waals surface area contributed by atoms with Crippen molar-refractivity contribution in [3.8, 4) is 0 Å². The average molecular weight is 357 g/mol. The van der Waals surface area contributed by atoms with Gasteiger partial charge < -0.3 is 9.84 Å². The summed E-state index contributed by atoms with van der Waals surface area (Å²) < 4.78 is 4.76. The number of rotatable bonds is 4. The monoisotopic (exact) mass is 357 g/mol. The Morgan fingerprint density at radius 3 is 2.85 bits per heavy atom. The summed E-state index contributed by atoms with van der Waals surface area (Å²) in [6.45, 7) is 6.34. The van der Waals surface area contributed by atoms with Gasteiger partial charge in [-0.05, 0) is 30.4 Å². The third-order valence-corrected chi connectivity index (χ3v) is 5.03. The fraction of sp³-hybridized carbons (Fsp3) is 0.500. The van der Waals surface area contributed by atoms with Crippen molar-refractivity contribution in [2.24, 2.45) is 16.4 Å². The molecule has 0 bridgehead atoms. The molecule has 2 N–H and O–H groups in total. The molecule has 1 aliphatic heterocycles. The molecular formula is C20H27N3O3. The molecule has 3 rings (SSSR count). The van der Waals surface area contributed by atoms with Crippen molar-refractivity contribution in [2.75, 3.05) is 7.11 Å². The Labute approximate surface area is 154 Å². The molecule has 0 radical (unpaired) electrons. The number of ether oxygens (including phenoxy) is 1. The highest BCUT2D eigenvalue weighted by Gasteiger charge is 2.36. The number of hydrogen-bond acceptors (Lipinski definition) is 6. The fourth-order valence-electron chi connectivity index (χ4n) is 3.42. The minimum atomic E-state index is -0.223. The van der Waals surface area contributed by atoms with E-state index in [9.17, 15) is 9.90 Å². The Kier molecular flexibility index (Phi) is 5.05. The van der Waals surface area contributed by atoms with Crippen LogP contribution in [0.25, 0.3) is 0 Å². The van der Waals surface area contributed by atoms with Gasteiger partial charge in [-0.15, -0.1) is 0 Å². The van der Waals surface area contributed by atoms with Gasteiger partial charge in [-0.2, -0.15) is 15.6 Å². The van der Waals surface area contributed by atoms with Gasteiger partial charge in [-0.1, -0.05) is 44.6 Å². The zero-order chi connectivity index (χ0) is 18.9. The van der Waals surface area contributed by atoms with Gasteiger partial charge in [-0.25, -0.2) is 0 Å². The minimum absolute atomic E-state index is 0.0160. The van der Waals surface area contributed by atoms with E-state index in [1.165, 1.54) is 7.11 Å². The molecule has 0 fully saturated rings. The number of carbonyl (C=O) groups excluding carboxylic acids is 1. The number of hydrazone groups is 1. The minimum Gasteiger partial charge on any atom is -0.510 e. The lowest BCUT2D eigenvalue weighted by atomic mass is 9.73. The molecule has 0 saturated carbocycles. The van der Waals surface area contributed by atoms with Crippen molar-refractivity contribution in [2.45, 2.75) is 46.1 Å². The van der Waals surface area contributed by atoms with Crippen molar-refractivity contribution in [1.82, 2.24) is 10.5 Å². The highest BCUT2D eigenvalue weighted by atomic mass is 16.5. The van der Waals surface area contributed by atoms with Crippen LogP contribution in [0, 0.1) is 11.3 Å². The molecular weight excluding hydrogens is 330 g/mol. The molecule has 2 aliphatic carbocycles. The van der Waals surface area contributed by atoms with Gasteiger partial charge in [0, 0.05) is 12.3 Å². The number of carbonyl (C=O) groups is 1. The first-order valence-electron chi connectivity index (χ1n) is 8.98. The third-order valence-electron chi connectivity index (χ3n) is 5.03. The number of nitrogens with one attached hydrogen (secondary N) is 1. The number of allylic oxidation sites excluding steroid dienone is 5.